The van der Waals surface area contributed by atoms with Gasteiger partial charge in [-0.25, -0.2) is 4.57 Å². The summed E-state index contributed by atoms with van der Waals surface area (Å²) in [5.74, 6) is 2.11. The van der Waals surface area contributed by atoms with Crippen LogP contribution in [0.1, 0.15) is 55.7 Å². The second-order valence-electron chi connectivity index (χ2n) is 8.63. The van der Waals surface area contributed by atoms with Crippen LogP contribution in [0, 0.1) is 5.41 Å². The third-order valence-corrected chi connectivity index (χ3v) is 6.82. The van der Waals surface area contributed by atoms with Crippen molar-refractivity contribution in [2.24, 2.45) is 5.73 Å². The molecular weight excluding hydrogens is 362 g/mol. The summed E-state index contributed by atoms with van der Waals surface area (Å²) in [7, 11) is 2.07. The van der Waals surface area contributed by atoms with Gasteiger partial charge in [0.25, 0.3) is 5.84 Å². The van der Waals surface area contributed by atoms with Crippen LogP contribution in [0.15, 0.2) is 42.6 Å². The average Bonchev–Trinajstić information content (AvgIpc) is 3.08. The summed E-state index contributed by atoms with van der Waals surface area (Å²) in [5, 5.41) is 8.81. The molecule has 29 heavy (non-hydrogen) atoms. The van der Waals surface area contributed by atoms with E-state index < -0.39 is 0 Å². The van der Waals surface area contributed by atoms with Gasteiger partial charge in [-0.2, -0.15) is 5.41 Å². The van der Waals surface area contributed by atoms with Crippen LogP contribution in [0.5, 0.6) is 5.75 Å². The van der Waals surface area contributed by atoms with Crippen LogP contribution in [0.3, 0.4) is 0 Å². The quantitative estimate of drug-likeness (QED) is 0.422. The lowest BCUT2D eigenvalue weighted by Crippen LogP contribution is -2.60. The number of anilines is 1. The molecule has 2 heterocycles. The molecule has 0 bridgehead atoms. The normalized spacial score (nSPS) is 26.9. The monoisotopic (exact) mass is 394 g/mol. The van der Waals surface area contributed by atoms with Gasteiger partial charge in [0.2, 0.25) is 5.82 Å². The number of aromatic nitrogens is 1. The van der Waals surface area contributed by atoms with Crippen LogP contribution in [-0.2, 0) is 0 Å². The molecule has 6 nitrogen and oxygen atoms in total. The van der Waals surface area contributed by atoms with Crippen molar-refractivity contribution in [2.45, 2.75) is 50.1 Å². The minimum Gasteiger partial charge on any atom is -0.490 e. The van der Waals surface area contributed by atoms with Crippen molar-refractivity contribution >= 4 is 11.7 Å². The molecule has 3 atom stereocenters. The zero-order valence-electron chi connectivity index (χ0n) is 17.4. The van der Waals surface area contributed by atoms with E-state index in [0.717, 1.165) is 38.0 Å². The van der Waals surface area contributed by atoms with Crippen molar-refractivity contribution in [1.82, 2.24) is 4.90 Å². The maximum atomic E-state index is 8.81. The van der Waals surface area contributed by atoms with Gasteiger partial charge in [0.15, 0.2) is 5.75 Å². The lowest BCUT2D eigenvalue weighted by molar-refractivity contribution is -0.547. The molecule has 0 spiro atoms. The lowest BCUT2D eigenvalue weighted by Gasteiger charge is -2.30. The van der Waals surface area contributed by atoms with E-state index in [1.165, 1.54) is 11.1 Å². The smallest absolute Gasteiger partial charge is 0.254 e. The number of fused-ring (bicyclic) bond motifs is 1. The fraction of sp³-hybridized carbons (Fsp3) is 0.478. The molecule has 2 aliphatic rings. The first kappa shape index (κ1) is 19.9. The number of benzene rings is 1. The van der Waals surface area contributed by atoms with Crippen molar-refractivity contribution in [3.05, 3.63) is 53.7 Å². The van der Waals surface area contributed by atoms with Gasteiger partial charge >= 0.3 is 0 Å². The fourth-order valence-electron chi connectivity index (χ4n) is 4.71. The van der Waals surface area contributed by atoms with Crippen LogP contribution >= 0.6 is 0 Å². The summed E-state index contributed by atoms with van der Waals surface area (Å²) in [6.45, 7) is 3.71. The molecule has 2 aromatic rings. The summed E-state index contributed by atoms with van der Waals surface area (Å²) in [4.78, 5) is 2.23. The topological polar surface area (TPSA) is 92.2 Å². The zero-order valence-corrected chi connectivity index (χ0v) is 17.4. The second-order valence-corrected chi connectivity index (χ2v) is 8.63. The van der Waals surface area contributed by atoms with Crippen molar-refractivity contribution in [3.8, 4) is 5.75 Å². The third-order valence-electron chi connectivity index (χ3n) is 6.82. The second kappa shape index (κ2) is 7.76. The van der Waals surface area contributed by atoms with Crippen LogP contribution in [-0.4, -0.2) is 36.5 Å². The van der Waals surface area contributed by atoms with E-state index in [0.29, 0.717) is 24.2 Å². The number of pyridine rings is 1. The molecule has 0 saturated carbocycles. The Balaban J connectivity index is 1.52. The van der Waals surface area contributed by atoms with Gasteiger partial charge in [0.05, 0.1) is 6.61 Å². The fourth-order valence-corrected chi connectivity index (χ4v) is 4.71. The highest BCUT2D eigenvalue weighted by Gasteiger charge is 2.43. The van der Waals surface area contributed by atoms with Crippen LogP contribution in [0.25, 0.3) is 0 Å². The molecule has 1 aliphatic carbocycles. The Labute approximate surface area is 173 Å². The molecule has 1 aromatic heterocycles. The van der Waals surface area contributed by atoms with Gasteiger partial charge in [0, 0.05) is 18.0 Å². The minimum absolute atomic E-state index is 0.116. The number of hydrogen-bond donors (Lipinski definition) is 3. The van der Waals surface area contributed by atoms with Crippen LogP contribution < -0.4 is 20.8 Å². The molecular formula is C23H32N5O+. The van der Waals surface area contributed by atoms with Gasteiger partial charge in [-0.1, -0.05) is 24.3 Å². The highest BCUT2D eigenvalue weighted by molar-refractivity contribution is 5.81. The van der Waals surface area contributed by atoms with Gasteiger partial charge in [0.1, 0.15) is 11.7 Å². The highest BCUT2D eigenvalue weighted by atomic mass is 16.5. The maximum absolute atomic E-state index is 8.81. The largest absolute Gasteiger partial charge is 0.490 e. The number of nitrogen functional groups attached to an aromatic ring is 1. The Hall–Kier alpha value is -2.44. The average molecular weight is 395 g/mol. The number of likely N-dealkylation sites (N-methyl/N-ethyl adjacent to an activating group) is 1. The summed E-state index contributed by atoms with van der Waals surface area (Å²) in [6.07, 6.45) is 5.90. The van der Waals surface area contributed by atoms with Crippen LogP contribution in [0.2, 0.25) is 0 Å². The number of nitrogens with zero attached hydrogens (tertiary/aromatic N) is 2. The third kappa shape index (κ3) is 3.63. The Bertz CT molecular complexity index is 914. The number of ether oxygens (including phenoxy) is 1. The van der Waals surface area contributed by atoms with E-state index in [-0.39, 0.29) is 11.6 Å². The predicted octanol–water partition coefficient (Wildman–Crippen LogP) is 2.82. The molecule has 1 saturated heterocycles. The summed E-state index contributed by atoms with van der Waals surface area (Å²) in [5.41, 5.74) is 14.7. The van der Waals surface area contributed by atoms with Crippen molar-refractivity contribution in [2.75, 3.05) is 25.9 Å². The number of nitrogens with one attached hydrogen (secondary N) is 1. The van der Waals surface area contributed by atoms with E-state index in [1.54, 1.807) is 4.57 Å². The molecule has 1 unspecified atom stereocenters. The molecule has 1 aromatic carbocycles. The number of hydrogen-bond acceptors (Lipinski definition) is 5. The van der Waals surface area contributed by atoms with E-state index in [9.17, 15) is 0 Å². The first-order valence-electron chi connectivity index (χ1n) is 10.5. The van der Waals surface area contributed by atoms with E-state index in [2.05, 4.69) is 43.1 Å². The molecule has 5 N–H and O–H groups in total. The first-order valence-corrected chi connectivity index (χ1v) is 10.5. The molecule has 1 aliphatic heterocycles. The van der Waals surface area contributed by atoms with Crippen LogP contribution in [0.4, 0.5) is 5.82 Å². The van der Waals surface area contributed by atoms with Crippen molar-refractivity contribution in [3.63, 3.8) is 0 Å². The van der Waals surface area contributed by atoms with Gasteiger partial charge in [-0.15, -0.1) is 0 Å². The Morgan fingerprint density at radius 2 is 2.00 bits per heavy atom. The zero-order chi connectivity index (χ0) is 20.6. The van der Waals surface area contributed by atoms with E-state index >= 15 is 0 Å². The SMILES string of the molecule is CN1CCC[C@@]1(C)C(=N)[n+]1cc(OCC2CC[C@H](N)c3ccccc32)ccc1N. The molecule has 6 heteroatoms. The van der Waals surface area contributed by atoms with E-state index in [1.807, 2.05) is 18.3 Å². The molecule has 154 valence electrons. The van der Waals surface area contributed by atoms with E-state index in [4.69, 9.17) is 21.6 Å². The standard InChI is InChI=1S/C23H31N5O/c1-23(12-5-13-27(23)2)22(26)28-14-17(9-11-21(28)25)29-15-16-8-10-20(24)19-7-4-3-6-18(16)19/h3-4,6-7,9,11,14,16,20,25-26H,5,8,10,12-13,15,24H2,1-2H3/p+1/t16?,20-,23-/m0/s1. The predicted molar refractivity (Wildman–Crippen MR) is 115 cm³/mol. The molecule has 1 fully saturated rings. The lowest BCUT2D eigenvalue weighted by atomic mass is 9.81. The Morgan fingerprint density at radius 1 is 1.24 bits per heavy atom. The number of rotatable bonds is 4. The molecule has 0 radical (unpaired) electrons. The summed E-state index contributed by atoms with van der Waals surface area (Å²) < 4.78 is 7.94. The summed E-state index contributed by atoms with van der Waals surface area (Å²) in [6, 6.07) is 12.2. The molecule has 4 rings (SSSR count). The number of nitrogens with two attached hydrogens (primary N) is 2. The first-order chi connectivity index (χ1) is 13.9. The van der Waals surface area contributed by atoms with Crippen molar-refractivity contribution in [1.29, 1.82) is 5.41 Å². The summed E-state index contributed by atoms with van der Waals surface area (Å²) >= 11 is 0. The molecule has 0 amide bonds. The highest BCUT2D eigenvalue weighted by Crippen LogP contribution is 2.36. The Morgan fingerprint density at radius 3 is 2.72 bits per heavy atom. The van der Waals surface area contributed by atoms with Gasteiger partial charge in [-0.05, 0) is 63.4 Å². The Kier molecular flexibility index (Phi) is 5.32. The van der Waals surface area contributed by atoms with Crippen molar-refractivity contribution < 1.29 is 9.30 Å². The van der Waals surface area contributed by atoms with Gasteiger partial charge < -0.3 is 16.2 Å². The van der Waals surface area contributed by atoms with Gasteiger partial charge in [-0.3, -0.25) is 4.90 Å². The maximum Gasteiger partial charge on any atom is 0.254 e. The number of likely N-dealkylation sites (tertiary alicyclic amines) is 1. The minimum atomic E-state index is -0.310.